The number of rotatable bonds is 6. The highest BCUT2D eigenvalue weighted by Crippen LogP contribution is 2.29. The molecule has 34 heavy (non-hydrogen) atoms. The number of amides is 2. The molecule has 0 saturated carbocycles. The maximum atomic E-state index is 13.3. The fraction of sp³-hybridized carbons (Fsp3) is 0.364. The van der Waals surface area contributed by atoms with E-state index >= 15 is 0 Å². The van der Waals surface area contributed by atoms with Crippen molar-refractivity contribution in [1.29, 1.82) is 0 Å². The second kappa shape index (κ2) is 10.0. The molecule has 3 rings (SSSR count). The van der Waals surface area contributed by atoms with Gasteiger partial charge in [-0.1, -0.05) is 18.2 Å². The van der Waals surface area contributed by atoms with Crippen LogP contribution < -0.4 is 10.1 Å². The van der Waals surface area contributed by atoms with E-state index in [0.29, 0.717) is 11.3 Å². The van der Waals surface area contributed by atoms with Crippen LogP contribution in [0.2, 0.25) is 0 Å². The van der Waals surface area contributed by atoms with Crippen molar-refractivity contribution >= 4 is 21.8 Å². The van der Waals surface area contributed by atoms with Gasteiger partial charge in [0.25, 0.3) is 0 Å². The molecule has 0 aliphatic carbocycles. The molecule has 0 radical (unpaired) electrons. The van der Waals surface area contributed by atoms with E-state index in [9.17, 15) is 31.2 Å². The van der Waals surface area contributed by atoms with Gasteiger partial charge in [0.2, 0.25) is 21.8 Å². The number of benzene rings is 2. The van der Waals surface area contributed by atoms with E-state index in [4.69, 9.17) is 4.74 Å². The Hall–Kier alpha value is -3.12. The zero-order valence-electron chi connectivity index (χ0n) is 18.5. The lowest BCUT2D eigenvalue weighted by Crippen LogP contribution is -2.61. The minimum atomic E-state index is -4.48. The molecule has 1 aliphatic heterocycles. The highest BCUT2D eigenvalue weighted by Gasteiger charge is 2.41. The Labute approximate surface area is 195 Å². The van der Waals surface area contributed by atoms with Crippen LogP contribution in [-0.4, -0.2) is 62.2 Å². The number of carbonyl (C=O) groups excluding carboxylic acids is 2. The van der Waals surface area contributed by atoms with Gasteiger partial charge in [-0.25, -0.2) is 8.42 Å². The molecule has 1 fully saturated rings. The smallest absolute Gasteiger partial charge is 0.416 e. The molecule has 1 heterocycles. The molecule has 1 saturated heterocycles. The number of sulfonamides is 1. The molecule has 12 heteroatoms. The average Bonchev–Trinajstić information content (AvgIpc) is 2.81. The first-order valence-corrected chi connectivity index (χ1v) is 11.7. The summed E-state index contributed by atoms with van der Waals surface area (Å²) in [4.78, 5) is 26.2. The van der Waals surface area contributed by atoms with Crippen molar-refractivity contribution in [3.63, 3.8) is 0 Å². The maximum absolute atomic E-state index is 13.3. The van der Waals surface area contributed by atoms with E-state index in [2.05, 4.69) is 5.32 Å². The van der Waals surface area contributed by atoms with Gasteiger partial charge in [-0.2, -0.15) is 17.5 Å². The van der Waals surface area contributed by atoms with Crippen LogP contribution in [0.5, 0.6) is 5.75 Å². The van der Waals surface area contributed by atoms with Crippen LogP contribution in [0.4, 0.5) is 13.2 Å². The molecule has 1 atom stereocenters. The molecule has 8 nitrogen and oxygen atoms in total. The van der Waals surface area contributed by atoms with E-state index in [1.54, 1.807) is 6.07 Å². The van der Waals surface area contributed by atoms with Crippen LogP contribution in [0, 0.1) is 0 Å². The molecule has 1 aliphatic rings. The highest BCUT2D eigenvalue weighted by atomic mass is 32.2. The Morgan fingerprint density at radius 2 is 1.79 bits per heavy atom. The van der Waals surface area contributed by atoms with E-state index in [-0.39, 0.29) is 37.0 Å². The molecule has 1 N–H and O–H groups in total. The van der Waals surface area contributed by atoms with Crippen molar-refractivity contribution in [2.45, 2.75) is 30.6 Å². The van der Waals surface area contributed by atoms with E-state index < -0.39 is 33.7 Å². The SMILES string of the molecule is COc1cccc(S(=O)(=O)N2CCN(C(C)=O)CC2C(=O)NCc2ccc(C(F)(F)F)cc2)c1. The Bertz CT molecular complexity index is 1150. The van der Waals surface area contributed by atoms with Crippen molar-refractivity contribution in [3.05, 3.63) is 59.7 Å². The van der Waals surface area contributed by atoms with Gasteiger partial charge in [0.05, 0.1) is 17.6 Å². The number of piperazine rings is 1. The summed E-state index contributed by atoms with van der Waals surface area (Å²) in [6.07, 6.45) is -4.48. The number of hydrogen-bond donors (Lipinski definition) is 1. The van der Waals surface area contributed by atoms with Gasteiger partial charge in [-0.3, -0.25) is 9.59 Å². The Balaban J connectivity index is 1.81. The Morgan fingerprint density at radius 3 is 2.38 bits per heavy atom. The summed E-state index contributed by atoms with van der Waals surface area (Å²) in [7, 11) is -2.72. The van der Waals surface area contributed by atoms with Gasteiger partial charge in [0.1, 0.15) is 11.8 Å². The topological polar surface area (TPSA) is 96.0 Å². The monoisotopic (exact) mass is 499 g/mol. The minimum Gasteiger partial charge on any atom is -0.497 e. The number of alkyl halides is 3. The van der Waals surface area contributed by atoms with Crippen molar-refractivity contribution in [2.75, 3.05) is 26.7 Å². The number of hydrogen-bond acceptors (Lipinski definition) is 5. The molecular formula is C22H24F3N3O5S. The third-order valence-corrected chi connectivity index (χ3v) is 7.38. The number of halogens is 3. The van der Waals surface area contributed by atoms with Gasteiger partial charge >= 0.3 is 6.18 Å². The molecule has 2 amide bonds. The predicted octanol–water partition coefficient (Wildman–Crippen LogP) is 2.25. The van der Waals surface area contributed by atoms with Crippen LogP contribution >= 0.6 is 0 Å². The zero-order valence-corrected chi connectivity index (χ0v) is 19.3. The third-order valence-electron chi connectivity index (χ3n) is 5.48. The predicted molar refractivity (Wildman–Crippen MR) is 116 cm³/mol. The van der Waals surface area contributed by atoms with Gasteiger partial charge in [0.15, 0.2) is 0 Å². The van der Waals surface area contributed by atoms with Crippen LogP contribution in [-0.2, 0) is 32.3 Å². The molecule has 2 aromatic rings. The summed E-state index contributed by atoms with van der Waals surface area (Å²) in [6, 6.07) is 8.86. The maximum Gasteiger partial charge on any atom is 0.416 e. The minimum absolute atomic E-state index is 0.0661. The Kier molecular flexibility index (Phi) is 7.51. The van der Waals surface area contributed by atoms with Gasteiger partial charge in [0, 0.05) is 39.2 Å². The first-order chi connectivity index (χ1) is 15.9. The quantitative estimate of drug-likeness (QED) is 0.658. The van der Waals surface area contributed by atoms with Crippen molar-refractivity contribution in [2.24, 2.45) is 0 Å². The summed E-state index contributed by atoms with van der Waals surface area (Å²) in [6.45, 7) is 1.07. The molecule has 0 aromatic heterocycles. The lowest BCUT2D eigenvalue weighted by Gasteiger charge is -2.39. The van der Waals surface area contributed by atoms with E-state index in [1.165, 1.54) is 49.3 Å². The summed E-state index contributed by atoms with van der Waals surface area (Å²) in [5, 5.41) is 2.57. The first-order valence-electron chi connectivity index (χ1n) is 10.3. The second-order valence-electron chi connectivity index (χ2n) is 7.69. The average molecular weight is 500 g/mol. The molecule has 1 unspecified atom stereocenters. The highest BCUT2D eigenvalue weighted by molar-refractivity contribution is 7.89. The van der Waals surface area contributed by atoms with Gasteiger partial charge in [-0.05, 0) is 29.8 Å². The standard InChI is InChI=1S/C22H24F3N3O5S/c1-15(29)27-10-11-28(34(31,32)19-5-3-4-18(12-19)33-2)20(14-27)21(30)26-13-16-6-8-17(9-7-16)22(23,24)25/h3-9,12,20H,10-11,13-14H2,1-2H3,(H,26,30). The Morgan fingerprint density at radius 1 is 1.12 bits per heavy atom. The molecule has 0 bridgehead atoms. The van der Waals surface area contributed by atoms with Crippen LogP contribution in [0.15, 0.2) is 53.4 Å². The second-order valence-corrected chi connectivity index (χ2v) is 9.58. The zero-order chi connectivity index (χ0) is 25.1. The number of carbonyl (C=O) groups is 2. The molecule has 2 aromatic carbocycles. The van der Waals surface area contributed by atoms with E-state index in [0.717, 1.165) is 16.4 Å². The van der Waals surface area contributed by atoms with Crippen molar-refractivity contribution in [1.82, 2.24) is 14.5 Å². The first kappa shape index (κ1) is 25.5. The van der Waals surface area contributed by atoms with Crippen LogP contribution in [0.1, 0.15) is 18.1 Å². The van der Waals surface area contributed by atoms with Crippen LogP contribution in [0.3, 0.4) is 0 Å². The molecule has 184 valence electrons. The normalized spacial score (nSPS) is 17.3. The molecular weight excluding hydrogens is 475 g/mol. The summed E-state index contributed by atoms with van der Waals surface area (Å²) >= 11 is 0. The fourth-order valence-electron chi connectivity index (χ4n) is 3.57. The van der Waals surface area contributed by atoms with Crippen LogP contribution in [0.25, 0.3) is 0 Å². The lowest BCUT2D eigenvalue weighted by molar-refractivity contribution is -0.138. The van der Waals surface area contributed by atoms with E-state index in [1.807, 2.05) is 0 Å². The number of nitrogens with zero attached hydrogens (tertiary/aromatic N) is 2. The van der Waals surface area contributed by atoms with Crippen molar-refractivity contribution in [3.8, 4) is 5.75 Å². The largest absolute Gasteiger partial charge is 0.497 e. The number of methoxy groups -OCH3 is 1. The summed E-state index contributed by atoms with van der Waals surface area (Å²) in [5.74, 6) is -0.650. The summed E-state index contributed by atoms with van der Waals surface area (Å²) < 4.78 is 71.0. The lowest BCUT2D eigenvalue weighted by atomic mass is 10.1. The fourth-order valence-corrected chi connectivity index (χ4v) is 5.18. The third kappa shape index (κ3) is 5.68. The number of nitrogens with one attached hydrogen (secondary N) is 1. The van der Waals surface area contributed by atoms with Crippen molar-refractivity contribution < 1.29 is 35.9 Å². The van der Waals surface area contributed by atoms with Gasteiger partial charge < -0.3 is 15.0 Å². The molecule has 0 spiro atoms. The summed E-state index contributed by atoms with van der Waals surface area (Å²) in [5.41, 5.74) is -0.412. The number of ether oxygens (including phenoxy) is 1. The van der Waals surface area contributed by atoms with Gasteiger partial charge in [-0.15, -0.1) is 0 Å².